The molecule has 0 saturated carbocycles. The second-order valence-electron chi connectivity index (χ2n) is 5.90. The summed E-state index contributed by atoms with van der Waals surface area (Å²) in [5.74, 6) is 1.49. The number of piperidine rings is 1. The van der Waals surface area contributed by atoms with E-state index in [0.717, 1.165) is 28.6 Å². The van der Waals surface area contributed by atoms with Crippen molar-refractivity contribution in [1.29, 1.82) is 0 Å². The zero-order chi connectivity index (χ0) is 14.7. The molecule has 0 aromatic heterocycles. The number of nitrogens with one attached hydrogen (secondary N) is 1. The van der Waals surface area contributed by atoms with Crippen LogP contribution in [0.5, 0.6) is 5.75 Å². The van der Waals surface area contributed by atoms with E-state index in [9.17, 15) is 0 Å². The van der Waals surface area contributed by atoms with Crippen LogP contribution < -0.4 is 10.1 Å². The Balaban J connectivity index is 2.10. The second kappa shape index (κ2) is 6.68. The molecule has 20 heavy (non-hydrogen) atoms. The Kier molecular flexibility index (Phi) is 5.17. The summed E-state index contributed by atoms with van der Waals surface area (Å²) in [4.78, 5) is 2.41. The predicted molar refractivity (Wildman–Crippen MR) is 86.0 cm³/mol. The van der Waals surface area contributed by atoms with Crippen LogP contribution in [0.1, 0.15) is 25.3 Å². The number of hydrogen-bond acceptors (Lipinski definition) is 3. The highest BCUT2D eigenvalue weighted by Gasteiger charge is 2.23. The molecule has 0 amide bonds. The van der Waals surface area contributed by atoms with Crippen LogP contribution in [0.25, 0.3) is 0 Å². The molecule has 2 rings (SSSR count). The van der Waals surface area contributed by atoms with Crippen molar-refractivity contribution in [3.05, 3.63) is 22.7 Å². The van der Waals surface area contributed by atoms with Gasteiger partial charge in [0, 0.05) is 23.7 Å². The molecule has 3 nitrogen and oxygen atoms in total. The van der Waals surface area contributed by atoms with Gasteiger partial charge in [-0.15, -0.1) is 0 Å². The van der Waals surface area contributed by atoms with Crippen LogP contribution in [-0.2, 0) is 0 Å². The SMILES string of the molecule is COc1cc(Cl)c(C)cc1NC(C)C1CCCN(C)C1. The summed E-state index contributed by atoms with van der Waals surface area (Å²) >= 11 is 6.15. The van der Waals surface area contributed by atoms with E-state index in [0.29, 0.717) is 12.0 Å². The Morgan fingerprint density at radius 3 is 2.85 bits per heavy atom. The minimum Gasteiger partial charge on any atom is -0.495 e. The molecular formula is C16H25ClN2O. The fourth-order valence-corrected chi connectivity index (χ4v) is 3.08. The summed E-state index contributed by atoms with van der Waals surface area (Å²) < 4.78 is 5.43. The minimum atomic E-state index is 0.423. The molecule has 1 aromatic rings. The molecule has 4 heteroatoms. The van der Waals surface area contributed by atoms with Crippen LogP contribution in [0, 0.1) is 12.8 Å². The van der Waals surface area contributed by atoms with E-state index in [-0.39, 0.29) is 0 Å². The van der Waals surface area contributed by atoms with Crippen molar-refractivity contribution in [2.75, 3.05) is 32.6 Å². The largest absolute Gasteiger partial charge is 0.495 e. The van der Waals surface area contributed by atoms with Gasteiger partial charge < -0.3 is 15.0 Å². The van der Waals surface area contributed by atoms with Crippen molar-refractivity contribution in [1.82, 2.24) is 4.90 Å². The summed E-state index contributed by atoms with van der Waals surface area (Å²) in [6.45, 7) is 6.65. The Morgan fingerprint density at radius 1 is 1.45 bits per heavy atom. The standard InChI is InChI=1S/C16H25ClN2O/c1-11-8-15(16(20-4)9-14(11)17)18-12(2)13-6-5-7-19(3)10-13/h8-9,12-13,18H,5-7,10H2,1-4H3. The number of aryl methyl sites for hydroxylation is 1. The molecule has 1 aromatic carbocycles. The van der Waals surface area contributed by atoms with Gasteiger partial charge in [-0.1, -0.05) is 11.6 Å². The maximum absolute atomic E-state index is 6.15. The summed E-state index contributed by atoms with van der Waals surface area (Å²) in [6.07, 6.45) is 2.57. The zero-order valence-corrected chi connectivity index (χ0v) is 13.6. The molecule has 0 bridgehead atoms. The number of nitrogens with zero attached hydrogens (tertiary/aromatic N) is 1. The van der Waals surface area contributed by atoms with Crippen LogP contribution in [0.4, 0.5) is 5.69 Å². The maximum Gasteiger partial charge on any atom is 0.143 e. The first-order valence-corrected chi connectivity index (χ1v) is 7.68. The summed E-state index contributed by atoms with van der Waals surface area (Å²) in [5.41, 5.74) is 2.11. The first-order valence-electron chi connectivity index (χ1n) is 7.30. The zero-order valence-electron chi connectivity index (χ0n) is 12.9. The number of anilines is 1. The van der Waals surface area contributed by atoms with Crippen molar-refractivity contribution >= 4 is 17.3 Å². The van der Waals surface area contributed by atoms with E-state index in [4.69, 9.17) is 16.3 Å². The van der Waals surface area contributed by atoms with Gasteiger partial charge in [-0.2, -0.15) is 0 Å². The normalized spacial score (nSPS) is 21.6. The smallest absolute Gasteiger partial charge is 0.143 e. The lowest BCUT2D eigenvalue weighted by molar-refractivity contribution is 0.197. The Labute approximate surface area is 127 Å². The molecule has 0 aliphatic carbocycles. The summed E-state index contributed by atoms with van der Waals surface area (Å²) in [7, 11) is 3.89. The molecule has 2 unspecified atom stereocenters. The average Bonchev–Trinajstić information content (AvgIpc) is 2.42. The third-order valence-corrected chi connectivity index (χ3v) is 4.64. The highest BCUT2D eigenvalue weighted by Crippen LogP contribution is 2.32. The molecule has 1 aliphatic heterocycles. The monoisotopic (exact) mass is 296 g/mol. The minimum absolute atomic E-state index is 0.423. The number of rotatable bonds is 4. The molecule has 1 saturated heterocycles. The third kappa shape index (κ3) is 3.58. The lowest BCUT2D eigenvalue weighted by Crippen LogP contribution is -2.39. The van der Waals surface area contributed by atoms with Crippen molar-refractivity contribution in [3.8, 4) is 5.75 Å². The summed E-state index contributed by atoms with van der Waals surface area (Å²) in [5, 5.41) is 4.36. The molecule has 1 N–H and O–H groups in total. The Hall–Kier alpha value is -0.930. The van der Waals surface area contributed by atoms with Crippen molar-refractivity contribution in [2.45, 2.75) is 32.7 Å². The lowest BCUT2D eigenvalue weighted by atomic mass is 9.91. The highest BCUT2D eigenvalue weighted by molar-refractivity contribution is 6.31. The van der Waals surface area contributed by atoms with Gasteiger partial charge in [0.05, 0.1) is 12.8 Å². The first-order chi connectivity index (χ1) is 9.51. The molecular weight excluding hydrogens is 272 g/mol. The first kappa shape index (κ1) is 15.5. The van der Waals surface area contributed by atoms with Crippen LogP contribution in [0.15, 0.2) is 12.1 Å². The van der Waals surface area contributed by atoms with Crippen molar-refractivity contribution < 1.29 is 4.74 Å². The van der Waals surface area contributed by atoms with E-state index in [1.165, 1.54) is 19.4 Å². The van der Waals surface area contributed by atoms with Gasteiger partial charge >= 0.3 is 0 Å². The highest BCUT2D eigenvalue weighted by atomic mass is 35.5. The van der Waals surface area contributed by atoms with Gasteiger partial charge in [0.25, 0.3) is 0 Å². The van der Waals surface area contributed by atoms with Crippen LogP contribution in [0.2, 0.25) is 5.02 Å². The summed E-state index contributed by atoms with van der Waals surface area (Å²) in [6, 6.07) is 4.38. The fraction of sp³-hybridized carbons (Fsp3) is 0.625. The number of likely N-dealkylation sites (tertiary alicyclic amines) is 1. The second-order valence-corrected chi connectivity index (χ2v) is 6.31. The van der Waals surface area contributed by atoms with E-state index in [1.807, 2.05) is 13.0 Å². The van der Waals surface area contributed by atoms with E-state index < -0.39 is 0 Å². The molecule has 1 heterocycles. The molecule has 112 valence electrons. The van der Waals surface area contributed by atoms with Gasteiger partial charge in [-0.3, -0.25) is 0 Å². The van der Waals surface area contributed by atoms with Gasteiger partial charge in [-0.05, 0) is 57.8 Å². The number of halogens is 1. The lowest BCUT2D eigenvalue weighted by Gasteiger charge is -2.34. The van der Waals surface area contributed by atoms with Crippen LogP contribution >= 0.6 is 11.6 Å². The van der Waals surface area contributed by atoms with Crippen molar-refractivity contribution in [3.63, 3.8) is 0 Å². The molecule has 0 radical (unpaired) electrons. The molecule has 1 aliphatic rings. The Morgan fingerprint density at radius 2 is 2.20 bits per heavy atom. The average molecular weight is 297 g/mol. The topological polar surface area (TPSA) is 24.5 Å². The van der Waals surface area contributed by atoms with E-state index in [2.05, 4.69) is 30.3 Å². The third-order valence-electron chi connectivity index (χ3n) is 4.23. The fourth-order valence-electron chi connectivity index (χ4n) is 2.92. The number of benzene rings is 1. The predicted octanol–water partition coefficient (Wildman–Crippen LogP) is 3.80. The van der Waals surface area contributed by atoms with Crippen LogP contribution in [-0.4, -0.2) is 38.2 Å². The van der Waals surface area contributed by atoms with Gasteiger partial charge in [-0.25, -0.2) is 0 Å². The van der Waals surface area contributed by atoms with Gasteiger partial charge in [0.1, 0.15) is 5.75 Å². The van der Waals surface area contributed by atoms with Crippen LogP contribution in [0.3, 0.4) is 0 Å². The van der Waals surface area contributed by atoms with Crippen molar-refractivity contribution in [2.24, 2.45) is 5.92 Å². The molecule has 2 atom stereocenters. The van der Waals surface area contributed by atoms with Gasteiger partial charge in [0.2, 0.25) is 0 Å². The number of ether oxygens (including phenoxy) is 1. The number of hydrogen-bond donors (Lipinski definition) is 1. The quantitative estimate of drug-likeness (QED) is 0.914. The maximum atomic E-state index is 6.15. The van der Waals surface area contributed by atoms with E-state index >= 15 is 0 Å². The molecule has 0 spiro atoms. The number of methoxy groups -OCH3 is 1. The molecule has 1 fully saturated rings. The van der Waals surface area contributed by atoms with Gasteiger partial charge in [0.15, 0.2) is 0 Å². The van der Waals surface area contributed by atoms with E-state index in [1.54, 1.807) is 7.11 Å². The Bertz CT molecular complexity index is 464.